The molecule has 0 aromatic rings. The van der Waals surface area contributed by atoms with E-state index in [2.05, 4.69) is 37.9 Å². The molecule has 12 heavy (non-hydrogen) atoms. The van der Waals surface area contributed by atoms with Gasteiger partial charge in [0.05, 0.1) is 0 Å². The molecule has 0 saturated heterocycles. The van der Waals surface area contributed by atoms with Gasteiger partial charge in [0.2, 0.25) is 0 Å². The summed E-state index contributed by atoms with van der Waals surface area (Å²) in [7, 11) is 0. The molecule has 0 bridgehead atoms. The van der Waals surface area contributed by atoms with Gasteiger partial charge in [-0.1, -0.05) is 0 Å². The molecular weight excluding hydrogens is 244 g/mol. The molecule has 0 rings (SSSR count). The van der Waals surface area contributed by atoms with Gasteiger partial charge in [-0.2, -0.15) is 49.6 Å². The van der Waals surface area contributed by atoms with Crippen molar-refractivity contribution in [3.63, 3.8) is 0 Å². The fourth-order valence-corrected chi connectivity index (χ4v) is 3.49. The van der Waals surface area contributed by atoms with Crippen LogP contribution in [0.5, 0.6) is 0 Å². The SMILES string of the molecule is SCCSCCC(S)SCCS. The monoisotopic (exact) mass is 260 g/mol. The molecule has 0 aromatic heterocycles. The molecule has 0 nitrogen and oxygen atoms in total. The van der Waals surface area contributed by atoms with Gasteiger partial charge in [-0.25, -0.2) is 0 Å². The number of hydrogen-bond donors (Lipinski definition) is 3. The van der Waals surface area contributed by atoms with Gasteiger partial charge in [0.25, 0.3) is 0 Å². The lowest BCUT2D eigenvalue weighted by atomic mass is 10.6. The van der Waals surface area contributed by atoms with Crippen molar-refractivity contribution >= 4 is 61.4 Å². The van der Waals surface area contributed by atoms with Crippen LogP contribution in [0.2, 0.25) is 0 Å². The Bertz CT molecular complexity index is 87.9. The van der Waals surface area contributed by atoms with E-state index in [0.29, 0.717) is 4.58 Å². The zero-order chi connectivity index (χ0) is 9.23. The summed E-state index contributed by atoms with van der Waals surface area (Å²) in [5, 5.41) is 0. The third-order valence-corrected chi connectivity index (χ3v) is 4.98. The molecule has 0 aliphatic carbocycles. The largest absolute Gasteiger partial charge is 0.179 e. The van der Waals surface area contributed by atoms with Gasteiger partial charge >= 0.3 is 0 Å². The minimum Gasteiger partial charge on any atom is -0.179 e. The van der Waals surface area contributed by atoms with Crippen LogP contribution in [0.3, 0.4) is 0 Å². The van der Waals surface area contributed by atoms with Crippen LogP contribution in [0.1, 0.15) is 6.42 Å². The molecule has 5 heteroatoms. The summed E-state index contributed by atoms with van der Waals surface area (Å²) in [6.07, 6.45) is 1.18. The molecule has 0 fully saturated rings. The highest BCUT2D eigenvalue weighted by Crippen LogP contribution is 2.20. The predicted molar refractivity (Wildman–Crippen MR) is 74.9 cm³/mol. The Hall–Kier alpha value is 1.75. The van der Waals surface area contributed by atoms with Crippen molar-refractivity contribution in [2.24, 2.45) is 0 Å². The van der Waals surface area contributed by atoms with Crippen molar-refractivity contribution < 1.29 is 0 Å². The zero-order valence-electron chi connectivity index (χ0n) is 6.98. The molecule has 0 aliphatic heterocycles. The second-order valence-electron chi connectivity index (χ2n) is 2.17. The Morgan fingerprint density at radius 3 is 2.25 bits per heavy atom. The van der Waals surface area contributed by atoms with Crippen LogP contribution in [0, 0.1) is 0 Å². The second kappa shape index (κ2) is 10.8. The molecule has 0 spiro atoms. The van der Waals surface area contributed by atoms with E-state index in [0.717, 1.165) is 23.0 Å². The van der Waals surface area contributed by atoms with Crippen LogP contribution in [0.15, 0.2) is 0 Å². The molecule has 1 unspecified atom stereocenters. The van der Waals surface area contributed by atoms with E-state index in [-0.39, 0.29) is 0 Å². The van der Waals surface area contributed by atoms with E-state index in [1.54, 1.807) is 0 Å². The lowest BCUT2D eigenvalue weighted by Crippen LogP contribution is -1.97. The molecule has 1 atom stereocenters. The second-order valence-corrected chi connectivity index (χ2v) is 6.58. The van der Waals surface area contributed by atoms with Crippen LogP contribution >= 0.6 is 61.4 Å². The Morgan fingerprint density at radius 1 is 1.00 bits per heavy atom. The van der Waals surface area contributed by atoms with Crippen molar-refractivity contribution in [2.75, 3.05) is 28.8 Å². The molecule has 0 radical (unpaired) electrons. The summed E-state index contributed by atoms with van der Waals surface area (Å²) in [4.78, 5) is 0. The van der Waals surface area contributed by atoms with E-state index >= 15 is 0 Å². The predicted octanol–water partition coefficient (Wildman–Crippen LogP) is 2.96. The smallest absolute Gasteiger partial charge is 0.0480 e. The van der Waals surface area contributed by atoms with Crippen molar-refractivity contribution in [1.82, 2.24) is 0 Å². The van der Waals surface area contributed by atoms with Gasteiger partial charge in [0.15, 0.2) is 0 Å². The van der Waals surface area contributed by atoms with E-state index in [1.165, 1.54) is 12.2 Å². The summed E-state index contributed by atoms with van der Waals surface area (Å²) in [5.41, 5.74) is 0. The summed E-state index contributed by atoms with van der Waals surface area (Å²) >= 11 is 16.6. The first-order valence-electron chi connectivity index (χ1n) is 3.90. The van der Waals surface area contributed by atoms with Crippen LogP contribution in [0.4, 0.5) is 0 Å². The van der Waals surface area contributed by atoms with Gasteiger partial charge in [-0.05, 0) is 23.7 Å². The van der Waals surface area contributed by atoms with Gasteiger partial charge in [-0.15, -0.1) is 11.8 Å². The Balaban J connectivity index is 3.02. The van der Waals surface area contributed by atoms with Gasteiger partial charge in [-0.3, -0.25) is 0 Å². The summed E-state index contributed by atoms with van der Waals surface area (Å²) in [6.45, 7) is 0. The molecule has 0 aromatic carbocycles. The summed E-state index contributed by atoms with van der Waals surface area (Å²) in [6, 6.07) is 0. The third-order valence-electron chi connectivity index (χ3n) is 1.15. The van der Waals surface area contributed by atoms with Crippen LogP contribution in [0.25, 0.3) is 0 Å². The van der Waals surface area contributed by atoms with E-state index in [1.807, 2.05) is 23.5 Å². The quantitative estimate of drug-likeness (QED) is 0.349. The maximum atomic E-state index is 4.46. The topological polar surface area (TPSA) is 0 Å². The van der Waals surface area contributed by atoms with E-state index in [9.17, 15) is 0 Å². The summed E-state index contributed by atoms with van der Waals surface area (Å²) in [5.74, 6) is 5.39. The molecule has 0 heterocycles. The van der Waals surface area contributed by atoms with E-state index in [4.69, 9.17) is 0 Å². The van der Waals surface area contributed by atoms with Crippen LogP contribution in [-0.2, 0) is 0 Å². The number of thiol groups is 3. The average molecular weight is 261 g/mol. The highest BCUT2D eigenvalue weighted by Gasteiger charge is 2.01. The Labute approximate surface area is 101 Å². The van der Waals surface area contributed by atoms with Crippen LogP contribution < -0.4 is 0 Å². The molecule has 0 amide bonds. The molecular formula is C7H16S5. The normalized spacial score (nSPS) is 13.2. The zero-order valence-corrected chi connectivity index (χ0v) is 11.3. The highest BCUT2D eigenvalue weighted by atomic mass is 32.2. The van der Waals surface area contributed by atoms with Crippen LogP contribution in [-0.4, -0.2) is 33.3 Å². The third kappa shape index (κ3) is 9.84. The van der Waals surface area contributed by atoms with E-state index < -0.39 is 0 Å². The summed E-state index contributed by atoms with van der Waals surface area (Å²) < 4.78 is 0.490. The minimum atomic E-state index is 0.490. The first-order chi connectivity index (χ1) is 5.81. The first kappa shape index (κ1) is 13.8. The number of thioether (sulfide) groups is 2. The maximum Gasteiger partial charge on any atom is 0.0480 e. The Morgan fingerprint density at radius 2 is 1.67 bits per heavy atom. The van der Waals surface area contributed by atoms with Gasteiger partial charge in [0, 0.05) is 16.1 Å². The highest BCUT2D eigenvalue weighted by molar-refractivity contribution is 8.10. The van der Waals surface area contributed by atoms with Gasteiger partial charge < -0.3 is 0 Å². The molecule has 74 valence electrons. The van der Waals surface area contributed by atoms with Crippen molar-refractivity contribution in [1.29, 1.82) is 0 Å². The van der Waals surface area contributed by atoms with Crippen molar-refractivity contribution in [3.8, 4) is 0 Å². The fourth-order valence-electron chi connectivity index (χ4n) is 0.623. The number of hydrogen-bond acceptors (Lipinski definition) is 5. The lowest BCUT2D eigenvalue weighted by Gasteiger charge is -2.08. The fraction of sp³-hybridized carbons (Fsp3) is 1.00. The van der Waals surface area contributed by atoms with Crippen molar-refractivity contribution in [3.05, 3.63) is 0 Å². The first-order valence-corrected chi connectivity index (χ1v) is 7.89. The van der Waals surface area contributed by atoms with Gasteiger partial charge in [0.1, 0.15) is 0 Å². The average Bonchev–Trinajstić information content (AvgIpc) is 2.09. The standard InChI is InChI=1S/C7H16S5/c8-2-5-11-4-1-7(10)12-6-3-9/h7-10H,1-6H2. The van der Waals surface area contributed by atoms with Crippen molar-refractivity contribution in [2.45, 2.75) is 11.0 Å². The molecule has 0 saturated carbocycles. The lowest BCUT2D eigenvalue weighted by molar-refractivity contribution is 1.08. The molecule has 0 aliphatic rings. The maximum absolute atomic E-state index is 4.46. The Kier molecular flexibility index (Phi) is 12.4. The number of rotatable bonds is 8. The molecule has 0 N–H and O–H groups in total. The minimum absolute atomic E-state index is 0.490.